The molecule has 1 saturated heterocycles. The molecule has 0 radical (unpaired) electrons. The Hall–Kier alpha value is -1.62. The molecule has 0 aliphatic carbocycles. The maximum Gasteiger partial charge on any atom is 0.236 e. The maximum atomic E-state index is 11.0. The molecule has 0 saturated carbocycles. The number of amidine groups is 1. The van der Waals surface area contributed by atoms with Gasteiger partial charge in [0, 0.05) is 0 Å². The normalized spacial score (nSPS) is 18.5. The van der Waals surface area contributed by atoms with Gasteiger partial charge < -0.3 is 5.32 Å². The minimum Gasteiger partial charge on any atom is -0.303 e. The molecule has 88 valence electrons. The van der Waals surface area contributed by atoms with Crippen LogP contribution in [0.25, 0.3) is 0 Å². The van der Waals surface area contributed by atoms with Gasteiger partial charge in [-0.1, -0.05) is 49.0 Å². The van der Waals surface area contributed by atoms with E-state index in [2.05, 4.69) is 15.5 Å². The van der Waals surface area contributed by atoms with E-state index in [1.54, 1.807) is 0 Å². The molecule has 1 amide bonds. The van der Waals surface area contributed by atoms with Crippen LogP contribution < -0.4 is 5.32 Å². The van der Waals surface area contributed by atoms with E-state index in [0.29, 0.717) is 10.9 Å². The van der Waals surface area contributed by atoms with Gasteiger partial charge in [0.1, 0.15) is 0 Å². The van der Waals surface area contributed by atoms with Crippen molar-refractivity contribution < 1.29 is 4.79 Å². The smallest absolute Gasteiger partial charge is 0.236 e. The number of carbonyl (C=O) groups is 1. The second kappa shape index (κ2) is 5.63. The third-order valence-corrected chi connectivity index (χ3v) is 3.15. The minimum absolute atomic E-state index is 0.0123. The number of rotatable bonds is 3. The first-order valence-electron chi connectivity index (χ1n) is 5.42. The number of carbonyl (C=O) groups excluding carboxylic acids is 1. The van der Waals surface area contributed by atoms with Crippen LogP contribution in [0.5, 0.6) is 0 Å². The molecular formula is C12H13N3OS. The van der Waals surface area contributed by atoms with Crippen LogP contribution in [0.1, 0.15) is 18.9 Å². The van der Waals surface area contributed by atoms with Crippen LogP contribution in [-0.2, 0) is 4.79 Å². The summed E-state index contributed by atoms with van der Waals surface area (Å²) in [6.45, 7) is 2.03. The van der Waals surface area contributed by atoms with Crippen LogP contribution in [0.4, 0.5) is 0 Å². The van der Waals surface area contributed by atoms with E-state index >= 15 is 0 Å². The van der Waals surface area contributed by atoms with Crippen LogP contribution in [0.15, 0.2) is 40.5 Å². The van der Waals surface area contributed by atoms with Gasteiger partial charge >= 0.3 is 0 Å². The summed E-state index contributed by atoms with van der Waals surface area (Å²) >= 11 is 1.38. The monoisotopic (exact) mass is 247 g/mol. The number of hydrogen-bond acceptors (Lipinski definition) is 4. The zero-order valence-corrected chi connectivity index (χ0v) is 10.3. The summed E-state index contributed by atoms with van der Waals surface area (Å²) in [5.74, 6) is 0.419. The summed E-state index contributed by atoms with van der Waals surface area (Å²) < 4.78 is 0. The van der Waals surface area contributed by atoms with E-state index in [1.165, 1.54) is 11.8 Å². The Morgan fingerprint density at radius 1 is 1.41 bits per heavy atom. The summed E-state index contributed by atoms with van der Waals surface area (Å²) in [6.07, 6.45) is 0.805. The summed E-state index contributed by atoms with van der Waals surface area (Å²) in [4.78, 5) is 11.0. The highest BCUT2D eigenvalue weighted by Gasteiger charge is 2.16. The molecule has 5 heteroatoms. The van der Waals surface area contributed by atoms with Crippen molar-refractivity contribution in [3.63, 3.8) is 0 Å². The molecule has 1 aliphatic heterocycles. The first kappa shape index (κ1) is 11.9. The molecule has 1 aliphatic rings. The lowest BCUT2D eigenvalue weighted by Crippen LogP contribution is -2.19. The molecule has 1 fully saturated rings. The number of nitrogens with one attached hydrogen (secondary N) is 1. The van der Waals surface area contributed by atoms with Crippen LogP contribution in [0.2, 0.25) is 0 Å². The quantitative estimate of drug-likeness (QED) is 0.656. The SMILES string of the molecule is CC/C(=N\N=C1/NC(=O)CS1)c1ccccc1. The van der Waals surface area contributed by atoms with Gasteiger partial charge in [0.2, 0.25) is 5.91 Å². The Balaban J connectivity index is 2.16. The molecule has 1 heterocycles. The molecule has 1 aromatic rings. The Morgan fingerprint density at radius 2 is 2.18 bits per heavy atom. The first-order chi connectivity index (χ1) is 8.29. The molecule has 0 bridgehead atoms. The average molecular weight is 247 g/mol. The van der Waals surface area contributed by atoms with Crippen LogP contribution >= 0.6 is 11.8 Å². The molecule has 2 rings (SSSR count). The highest BCUT2D eigenvalue weighted by molar-refractivity contribution is 8.15. The van der Waals surface area contributed by atoms with Gasteiger partial charge in [0.25, 0.3) is 0 Å². The van der Waals surface area contributed by atoms with E-state index in [1.807, 2.05) is 37.3 Å². The average Bonchev–Trinajstić information content (AvgIpc) is 2.77. The van der Waals surface area contributed by atoms with E-state index in [9.17, 15) is 4.79 Å². The van der Waals surface area contributed by atoms with Gasteiger partial charge in [-0.2, -0.15) is 5.10 Å². The molecule has 4 nitrogen and oxygen atoms in total. The van der Waals surface area contributed by atoms with Gasteiger partial charge in [0.05, 0.1) is 11.5 Å². The third-order valence-electron chi connectivity index (χ3n) is 2.29. The largest absolute Gasteiger partial charge is 0.303 e. The predicted molar refractivity (Wildman–Crippen MR) is 71.3 cm³/mol. The number of amides is 1. The molecular weight excluding hydrogens is 234 g/mol. The Labute approximate surface area is 104 Å². The fourth-order valence-corrected chi connectivity index (χ4v) is 2.07. The van der Waals surface area contributed by atoms with Crippen molar-refractivity contribution in [2.24, 2.45) is 10.2 Å². The number of benzene rings is 1. The number of thioether (sulfide) groups is 1. The third kappa shape index (κ3) is 3.17. The summed E-state index contributed by atoms with van der Waals surface area (Å²) in [6, 6.07) is 9.92. The highest BCUT2D eigenvalue weighted by Crippen LogP contribution is 2.10. The fourth-order valence-electron chi connectivity index (χ4n) is 1.45. The molecule has 0 atom stereocenters. The molecule has 0 aromatic heterocycles. The maximum absolute atomic E-state index is 11.0. The van der Waals surface area contributed by atoms with Crippen LogP contribution in [-0.4, -0.2) is 22.5 Å². The second-order valence-corrected chi connectivity index (χ2v) is 4.47. The van der Waals surface area contributed by atoms with Crippen molar-refractivity contribution in [2.75, 3.05) is 5.75 Å². The lowest BCUT2D eigenvalue weighted by atomic mass is 10.1. The van der Waals surface area contributed by atoms with Crippen molar-refractivity contribution in [3.05, 3.63) is 35.9 Å². The zero-order valence-electron chi connectivity index (χ0n) is 9.51. The van der Waals surface area contributed by atoms with Crippen molar-refractivity contribution in [1.82, 2.24) is 5.32 Å². The van der Waals surface area contributed by atoms with Gasteiger partial charge in [-0.25, -0.2) is 0 Å². The highest BCUT2D eigenvalue weighted by atomic mass is 32.2. The lowest BCUT2D eigenvalue weighted by Gasteiger charge is -2.01. The Morgan fingerprint density at radius 3 is 2.76 bits per heavy atom. The summed E-state index contributed by atoms with van der Waals surface area (Å²) in [7, 11) is 0. The topological polar surface area (TPSA) is 53.8 Å². The molecule has 0 unspecified atom stereocenters. The van der Waals surface area contributed by atoms with E-state index in [-0.39, 0.29) is 5.91 Å². The molecule has 1 aromatic carbocycles. The number of nitrogens with zero attached hydrogens (tertiary/aromatic N) is 2. The molecule has 1 N–H and O–H groups in total. The van der Waals surface area contributed by atoms with E-state index in [0.717, 1.165) is 17.7 Å². The van der Waals surface area contributed by atoms with Crippen LogP contribution in [0.3, 0.4) is 0 Å². The Kier molecular flexibility index (Phi) is 3.93. The predicted octanol–water partition coefficient (Wildman–Crippen LogP) is 2.02. The van der Waals surface area contributed by atoms with Gasteiger partial charge in [-0.05, 0) is 12.0 Å². The standard InChI is InChI=1S/C12H13N3OS/c1-2-10(9-6-4-3-5-7-9)14-15-12-13-11(16)8-17-12/h3-7H,2,8H2,1H3,(H,13,15,16)/b14-10+. The van der Waals surface area contributed by atoms with Crippen molar-refractivity contribution in [1.29, 1.82) is 0 Å². The Bertz CT molecular complexity index is 468. The molecule has 0 spiro atoms. The lowest BCUT2D eigenvalue weighted by molar-refractivity contribution is -0.116. The first-order valence-corrected chi connectivity index (χ1v) is 6.40. The molecule has 17 heavy (non-hydrogen) atoms. The van der Waals surface area contributed by atoms with Gasteiger partial charge in [0.15, 0.2) is 5.17 Å². The van der Waals surface area contributed by atoms with E-state index < -0.39 is 0 Å². The second-order valence-electron chi connectivity index (χ2n) is 3.51. The summed E-state index contributed by atoms with van der Waals surface area (Å²) in [5.41, 5.74) is 1.98. The zero-order chi connectivity index (χ0) is 12.1. The summed E-state index contributed by atoms with van der Waals surface area (Å²) in [5, 5.41) is 11.5. The van der Waals surface area contributed by atoms with Crippen molar-refractivity contribution >= 4 is 28.5 Å². The van der Waals surface area contributed by atoms with Crippen molar-refractivity contribution in [2.45, 2.75) is 13.3 Å². The minimum atomic E-state index is -0.0123. The van der Waals surface area contributed by atoms with Gasteiger partial charge in [-0.15, -0.1) is 5.10 Å². The number of hydrogen-bond donors (Lipinski definition) is 1. The fraction of sp³-hybridized carbons (Fsp3) is 0.250. The van der Waals surface area contributed by atoms with Crippen molar-refractivity contribution in [3.8, 4) is 0 Å². The van der Waals surface area contributed by atoms with Gasteiger partial charge in [-0.3, -0.25) is 4.79 Å². The van der Waals surface area contributed by atoms with E-state index in [4.69, 9.17) is 0 Å². The van der Waals surface area contributed by atoms with Crippen LogP contribution in [0, 0.1) is 0 Å².